The van der Waals surface area contributed by atoms with Gasteiger partial charge in [-0.1, -0.05) is 18.2 Å². The summed E-state index contributed by atoms with van der Waals surface area (Å²) in [4.78, 5) is 16.8. The molecule has 4 rings (SSSR count). The Labute approximate surface area is 170 Å². The van der Waals surface area contributed by atoms with Gasteiger partial charge < -0.3 is 14.6 Å². The predicted molar refractivity (Wildman–Crippen MR) is 114 cm³/mol. The number of benzene rings is 2. The number of pyridine rings is 1. The molecule has 5 nitrogen and oxygen atoms in total. The van der Waals surface area contributed by atoms with Crippen LogP contribution in [0.3, 0.4) is 0 Å². The quantitative estimate of drug-likeness (QED) is 0.456. The molecule has 2 aromatic carbocycles. The Morgan fingerprint density at radius 2 is 1.90 bits per heavy atom. The van der Waals surface area contributed by atoms with Crippen LogP contribution >= 0.6 is 0 Å². The van der Waals surface area contributed by atoms with Crippen molar-refractivity contribution in [3.05, 3.63) is 96.4 Å². The predicted octanol–water partition coefficient (Wildman–Crippen LogP) is 4.44. The van der Waals surface area contributed by atoms with E-state index in [4.69, 9.17) is 4.74 Å². The van der Waals surface area contributed by atoms with Crippen molar-refractivity contribution in [2.75, 3.05) is 6.61 Å². The Bertz CT molecular complexity index is 1090. The van der Waals surface area contributed by atoms with E-state index in [0.29, 0.717) is 18.7 Å². The highest BCUT2D eigenvalue weighted by molar-refractivity contribution is 5.97. The van der Waals surface area contributed by atoms with E-state index in [-0.39, 0.29) is 5.91 Å². The third-order valence-corrected chi connectivity index (χ3v) is 4.71. The number of carbonyl (C=O) groups excluding carboxylic acids is 1. The van der Waals surface area contributed by atoms with E-state index in [9.17, 15) is 4.79 Å². The lowest BCUT2D eigenvalue weighted by molar-refractivity contribution is 0.0951. The molecule has 0 saturated carbocycles. The molecule has 0 unspecified atom stereocenters. The molecule has 0 aliphatic carbocycles. The summed E-state index contributed by atoms with van der Waals surface area (Å²) in [5, 5.41) is 3.93. The molecular weight excluding hydrogens is 362 g/mol. The second-order valence-electron chi connectivity index (χ2n) is 6.86. The van der Waals surface area contributed by atoms with Gasteiger partial charge in [0.25, 0.3) is 5.91 Å². The average Bonchev–Trinajstić information content (AvgIpc) is 3.28. The van der Waals surface area contributed by atoms with Crippen molar-refractivity contribution in [2.45, 2.75) is 19.5 Å². The average molecular weight is 385 g/mol. The Balaban J connectivity index is 1.29. The van der Waals surface area contributed by atoms with E-state index in [1.165, 1.54) is 0 Å². The zero-order valence-electron chi connectivity index (χ0n) is 16.1. The molecule has 0 spiro atoms. The number of aromatic nitrogens is 2. The number of rotatable bonds is 8. The molecule has 4 aromatic rings. The summed E-state index contributed by atoms with van der Waals surface area (Å²) in [5.74, 6) is 0.717. The molecule has 5 heteroatoms. The number of carbonyl (C=O) groups is 1. The Hall–Kier alpha value is -3.60. The van der Waals surface area contributed by atoms with Crippen molar-refractivity contribution in [1.82, 2.24) is 14.9 Å². The van der Waals surface area contributed by atoms with E-state index in [1.54, 1.807) is 12.3 Å². The SMILES string of the molecule is O=C(NCc1cccc(OCCCn2cccc2)c1)c1ccc2ncccc2c1. The molecule has 0 radical (unpaired) electrons. The lowest BCUT2D eigenvalue weighted by Gasteiger charge is -2.10. The van der Waals surface area contributed by atoms with Gasteiger partial charge in [0.2, 0.25) is 0 Å². The summed E-state index contributed by atoms with van der Waals surface area (Å²) >= 11 is 0. The fraction of sp³-hybridized carbons (Fsp3) is 0.167. The van der Waals surface area contributed by atoms with E-state index >= 15 is 0 Å². The molecule has 0 saturated heterocycles. The largest absolute Gasteiger partial charge is 0.494 e. The first kappa shape index (κ1) is 18.7. The van der Waals surface area contributed by atoms with Gasteiger partial charge in [-0.05, 0) is 60.5 Å². The second kappa shape index (κ2) is 9.06. The normalized spacial score (nSPS) is 10.8. The molecule has 0 atom stereocenters. The maximum atomic E-state index is 12.5. The molecule has 0 aliphatic rings. The van der Waals surface area contributed by atoms with Crippen LogP contribution in [0, 0.1) is 0 Å². The van der Waals surface area contributed by atoms with Crippen LogP contribution < -0.4 is 10.1 Å². The standard InChI is InChI=1S/C24H23N3O2/c28-24(21-9-10-23-20(17-21)7-4-11-25-23)26-18-19-6-3-8-22(16-19)29-15-5-14-27-12-1-2-13-27/h1-4,6-13,16-17H,5,14-15,18H2,(H,26,28). The molecule has 0 bridgehead atoms. The van der Waals surface area contributed by atoms with Crippen LogP contribution in [0.1, 0.15) is 22.3 Å². The van der Waals surface area contributed by atoms with Crippen molar-refractivity contribution in [3.8, 4) is 5.75 Å². The van der Waals surface area contributed by atoms with Gasteiger partial charge in [0.15, 0.2) is 0 Å². The van der Waals surface area contributed by atoms with E-state index in [1.807, 2.05) is 60.7 Å². The lowest BCUT2D eigenvalue weighted by Crippen LogP contribution is -2.22. The molecule has 29 heavy (non-hydrogen) atoms. The molecule has 1 N–H and O–H groups in total. The topological polar surface area (TPSA) is 56.1 Å². The third-order valence-electron chi connectivity index (χ3n) is 4.71. The smallest absolute Gasteiger partial charge is 0.251 e. The molecule has 0 fully saturated rings. The van der Waals surface area contributed by atoms with Crippen molar-refractivity contribution in [1.29, 1.82) is 0 Å². The molecular formula is C24H23N3O2. The maximum absolute atomic E-state index is 12.5. The monoisotopic (exact) mass is 385 g/mol. The van der Waals surface area contributed by atoms with E-state index < -0.39 is 0 Å². The fourth-order valence-corrected chi connectivity index (χ4v) is 3.20. The van der Waals surface area contributed by atoms with Gasteiger partial charge in [0.05, 0.1) is 12.1 Å². The molecule has 2 heterocycles. The van der Waals surface area contributed by atoms with Crippen molar-refractivity contribution < 1.29 is 9.53 Å². The van der Waals surface area contributed by atoms with Crippen molar-refractivity contribution in [3.63, 3.8) is 0 Å². The minimum Gasteiger partial charge on any atom is -0.494 e. The van der Waals surface area contributed by atoms with Crippen LogP contribution in [-0.4, -0.2) is 22.1 Å². The highest BCUT2D eigenvalue weighted by Gasteiger charge is 2.07. The number of ether oxygens (including phenoxy) is 1. The summed E-state index contributed by atoms with van der Waals surface area (Å²) in [7, 11) is 0. The second-order valence-corrected chi connectivity index (χ2v) is 6.86. The Morgan fingerprint density at radius 3 is 2.79 bits per heavy atom. The van der Waals surface area contributed by atoms with Gasteiger partial charge in [-0.15, -0.1) is 0 Å². The van der Waals surface area contributed by atoms with Crippen LogP contribution in [0.15, 0.2) is 85.3 Å². The van der Waals surface area contributed by atoms with E-state index in [2.05, 4.69) is 27.3 Å². The molecule has 1 amide bonds. The summed E-state index contributed by atoms with van der Waals surface area (Å²) in [6.45, 7) is 2.04. The van der Waals surface area contributed by atoms with Crippen LogP contribution in [0.5, 0.6) is 5.75 Å². The Morgan fingerprint density at radius 1 is 1.00 bits per heavy atom. The zero-order chi connectivity index (χ0) is 19.9. The fourth-order valence-electron chi connectivity index (χ4n) is 3.20. The number of aryl methyl sites for hydroxylation is 1. The summed E-state index contributed by atoms with van der Waals surface area (Å²) < 4.78 is 7.99. The molecule has 146 valence electrons. The van der Waals surface area contributed by atoms with Crippen LogP contribution in [0.4, 0.5) is 0 Å². The minimum atomic E-state index is -0.103. The van der Waals surface area contributed by atoms with E-state index in [0.717, 1.165) is 35.2 Å². The number of nitrogens with zero attached hydrogens (tertiary/aromatic N) is 2. The maximum Gasteiger partial charge on any atom is 0.251 e. The number of fused-ring (bicyclic) bond motifs is 1. The number of amides is 1. The first-order chi connectivity index (χ1) is 14.3. The van der Waals surface area contributed by atoms with Gasteiger partial charge >= 0.3 is 0 Å². The van der Waals surface area contributed by atoms with Crippen LogP contribution in [0.25, 0.3) is 10.9 Å². The van der Waals surface area contributed by atoms with Gasteiger partial charge in [0.1, 0.15) is 5.75 Å². The summed E-state index contributed by atoms with van der Waals surface area (Å²) in [5.41, 5.74) is 2.51. The molecule has 2 aromatic heterocycles. The first-order valence-electron chi connectivity index (χ1n) is 9.73. The highest BCUT2D eigenvalue weighted by Crippen LogP contribution is 2.15. The van der Waals surface area contributed by atoms with Gasteiger partial charge in [-0.3, -0.25) is 9.78 Å². The van der Waals surface area contributed by atoms with Crippen LogP contribution in [0.2, 0.25) is 0 Å². The number of hydrogen-bond acceptors (Lipinski definition) is 3. The zero-order valence-corrected chi connectivity index (χ0v) is 16.1. The van der Waals surface area contributed by atoms with Crippen molar-refractivity contribution >= 4 is 16.8 Å². The van der Waals surface area contributed by atoms with Gasteiger partial charge in [0, 0.05) is 42.6 Å². The third kappa shape index (κ3) is 5.02. The minimum absolute atomic E-state index is 0.103. The van der Waals surface area contributed by atoms with Gasteiger partial charge in [-0.25, -0.2) is 0 Å². The number of nitrogens with one attached hydrogen (secondary N) is 1. The first-order valence-corrected chi connectivity index (χ1v) is 9.73. The van der Waals surface area contributed by atoms with Gasteiger partial charge in [-0.2, -0.15) is 0 Å². The molecule has 0 aliphatic heterocycles. The Kier molecular flexibility index (Phi) is 5.86. The number of hydrogen-bond donors (Lipinski definition) is 1. The van der Waals surface area contributed by atoms with Crippen LogP contribution in [-0.2, 0) is 13.1 Å². The summed E-state index contributed by atoms with van der Waals surface area (Å²) in [6.07, 6.45) is 6.79. The summed E-state index contributed by atoms with van der Waals surface area (Å²) in [6, 6.07) is 21.2. The highest BCUT2D eigenvalue weighted by atomic mass is 16.5. The van der Waals surface area contributed by atoms with Crippen molar-refractivity contribution in [2.24, 2.45) is 0 Å². The lowest BCUT2D eigenvalue weighted by atomic mass is 10.1.